The molecule has 7 nitrogen and oxygen atoms in total. The minimum atomic E-state index is -0.0549. The molecule has 1 aromatic rings. The van der Waals surface area contributed by atoms with Gasteiger partial charge in [-0.05, 0) is 33.9 Å². The second kappa shape index (κ2) is 7.85. The highest BCUT2D eigenvalue weighted by molar-refractivity contribution is 5.75. The number of carbonyl (C=O) groups excluding carboxylic acids is 1. The van der Waals surface area contributed by atoms with Crippen LogP contribution in [0.1, 0.15) is 26.0 Å². The van der Waals surface area contributed by atoms with E-state index in [4.69, 9.17) is 5.73 Å². The van der Waals surface area contributed by atoms with Crippen LogP contribution in [-0.4, -0.2) is 52.0 Å². The topological polar surface area (TPSA) is 89.1 Å². The molecule has 0 atom stereocenters. The van der Waals surface area contributed by atoms with Gasteiger partial charge in [0.05, 0.1) is 11.9 Å². The third kappa shape index (κ3) is 5.80. The highest BCUT2D eigenvalue weighted by Crippen LogP contribution is 1.94. The van der Waals surface area contributed by atoms with E-state index in [1.807, 2.05) is 0 Å². The molecule has 0 aliphatic rings. The van der Waals surface area contributed by atoms with Crippen LogP contribution in [0.15, 0.2) is 6.20 Å². The monoisotopic (exact) mass is 268 g/mol. The Bertz CT molecular complexity index is 389. The molecule has 0 saturated carbocycles. The molecule has 0 bridgehead atoms. The number of amides is 1. The van der Waals surface area contributed by atoms with Crippen LogP contribution in [0.3, 0.4) is 0 Å². The maximum absolute atomic E-state index is 11.6. The average molecular weight is 268 g/mol. The van der Waals surface area contributed by atoms with Gasteiger partial charge in [-0.1, -0.05) is 5.21 Å². The van der Waals surface area contributed by atoms with Crippen LogP contribution in [0.4, 0.5) is 0 Å². The van der Waals surface area contributed by atoms with Crippen LogP contribution in [0, 0.1) is 0 Å². The Morgan fingerprint density at radius 2 is 2.32 bits per heavy atom. The number of nitrogens with two attached hydrogens (primary N) is 1. The molecule has 0 aromatic carbocycles. The number of aromatic nitrogens is 3. The number of nitrogens with zero attached hydrogens (tertiary/aromatic N) is 4. The molecule has 0 unspecified atom stereocenters. The van der Waals surface area contributed by atoms with Crippen LogP contribution in [0.5, 0.6) is 0 Å². The summed E-state index contributed by atoms with van der Waals surface area (Å²) in [6, 6.07) is 0.528. The van der Waals surface area contributed by atoms with Crippen molar-refractivity contribution in [1.82, 2.24) is 25.2 Å². The number of carbonyl (C=O) groups is 1. The Balaban J connectivity index is 2.18. The van der Waals surface area contributed by atoms with Gasteiger partial charge in [-0.2, -0.15) is 0 Å². The first-order chi connectivity index (χ1) is 9.02. The van der Waals surface area contributed by atoms with E-state index >= 15 is 0 Å². The smallest absolute Gasteiger partial charge is 0.241 e. The van der Waals surface area contributed by atoms with Gasteiger partial charge in [-0.25, -0.2) is 4.68 Å². The standard InChI is InChI=1S/C12H24N6O/c1-10(2)17(3)6-4-5-14-12(19)9-18-8-11(7-13)15-16-18/h8,10H,4-7,9,13H2,1-3H3,(H,14,19). The first kappa shape index (κ1) is 15.6. The average Bonchev–Trinajstić information content (AvgIpc) is 2.81. The quantitative estimate of drug-likeness (QED) is 0.625. The Labute approximate surface area is 114 Å². The lowest BCUT2D eigenvalue weighted by molar-refractivity contribution is -0.121. The van der Waals surface area contributed by atoms with Crippen LogP contribution < -0.4 is 11.1 Å². The normalized spacial score (nSPS) is 11.3. The van der Waals surface area contributed by atoms with Crippen molar-refractivity contribution < 1.29 is 4.79 Å². The van der Waals surface area contributed by atoms with E-state index in [0.717, 1.165) is 13.0 Å². The summed E-state index contributed by atoms with van der Waals surface area (Å²) in [6.07, 6.45) is 2.62. The van der Waals surface area contributed by atoms with E-state index in [1.54, 1.807) is 6.20 Å². The first-order valence-corrected chi connectivity index (χ1v) is 6.59. The first-order valence-electron chi connectivity index (χ1n) is 6.59. The van der Waals surface area contributed by atoms with E-state index in [9.17, 15) is 4.79 Å². The molecule has 1 aromatic heterocycles. The highest BCUT2D eigenvalue weighted by Gasteiger charge is 2.06. The summed E-state index contributed by atoms with van der Waals surface area (Å²) in [7, 11) is 2.08. The molecule has 1 rings (SSSR count). The molecule has 1 amide bonds. The minimum Gasteiger partial charge on any atom is -0.354 e. The fourth-order valence-corrected chi connectivity index (χ4v) is 1.53. The Morgan fingerprint density at radius 3 is 2.89 bits per heavy atom. The maximum Gasteiger partial charge on any atom is 0.241 e. The lowest BCUT2D eigenvalue weighted by Gasteiger charge is -2.20. The zero-order valence-electron chi connectivity index (χ0n) is 12.0. The van der Waals surface area contributed by atoms with Gasteiger partial charge in [0.2, 0.25) is 5.91 Å². The van der Waals surface area contributed by atoms with E-state index in [-0.39, 0.29) is 12.5 Å². The SMILES string of the molecule is CC(C)N(C)CCCNC(=O)Cn1cc(CN)nn1. The van der Waals surface area contributed by atoms with Crippen molar-refractivity contribution in [2.24, 2.45) is 5.73 Å². The minimum absolute atomic E-state index is 0.0549. The molecule has 108 valence electrons. The lowest BCUT2D eigenvalue weighted by atomic mass is 10.3. The van der Waals surface area contributed by atoms with Crippen molar-refractivity contribution >= 4 is 5.91 Å². The molecule has 0 radical (unpaired) electrons. The predicted molar refractivity (Wildman–Crippen MR) is 73.3 cm³/mol. The van der Waals surface area contributed by atoms with E-state index in [0.29, 0.717) is 24.8 Å². The summed E-state index contributed by atoms with van der Waals surface area (Å²) in [5, 5.41) is 10.5. The molecule has 7 heteroatoms. The molecule has 0 saturated heterocycles. The number of hydrogen-bond acceptors (Lipinski definition) is 5. The van der Waals surface area contributed by atoms with E-state index in [2.05, 4.69) is 41.4 Å². The second-order valence-electron chi connectivity index (χ2n) is 4.89. The second-order valence-corrected chi connectivity index (χ2v) is 4.89. The molecule has 19 heavy (non-hydrogen) atoms. The number of rotatable bonds is 8. The van der Waals surface area contributed by atoms with Crippen LogP contribution >= 0.6 is 0 Å². The van der Waals surface area contributed by atoms with Crippen molar-refractivity contribution in [3.05, 3.63) is 11.9 Å². The van der Waals surface area contributed by atoms with Gasteiger partial charge in [0, 0.05) is 19.1 Å². The van der Waals surface area contributed by atoms with Crippen LogP contribution in [-0.2, 0) is 17.9 Å². The van der Waals surface area contributed by atoms with E-state index < -0.39 is 0 Å². The summed E-state index contributed by atoms with van der Waals surface area (Å²) in [5.74, 6) is -0.0549. The Morgan fingerprint density at radius 1 is 1.58 bits per heavy atom. The highest BCUT2D eigenvalue weighted by atomic mass is 16.2. The van der Waals surface area contributed by atoms with Crippen molar-refractivity contribution in [2.45, 2.75) is 39.4 Å². The summed E-state index contributed by atoms with van der Waals surface area (Å²) >= 11 is 0. The number of hydrogen-bond donors (Lipinski definition) is 2. The fraction of sp³-hybridized carbons (Fsp3) is 0.750. The third-order valence-corrected chi connectivity index (χ3v) is 2.99. The van der Waals surface area contributed by atoms with Crippen molar-refractivity contribution in [3.8, 4) is 0 Å². The van der Waals surface area contributed by atoms with Crippen LogP contribution in [0.2, 0.25) is 0 Å². The van der Waals surface area contributed by atoms with Crippen molar-refractivity contribution in [3.63, 3.8) is 0 Å². The van der Waals surface area contributed by atoms with E-state index in [1.165, 1.54) is 4.68 Å². The lowest BCUT2D eigenvalue weighted by Crippen LogP contribution is -2.32. The van der Waals surface area contributed by atoms with Crippen molar-refractivity contribution in [2.75, 3.05) is 20.1 Å². The van der Waals surface area contributed by atoms with Gasteiger partial charge in [-0.15, -0.1) is 5.10 Å². The zero-order valence-corrected chi connectivity index (χ0v) is 12.0. The molecule has 3 N–H and O–H groups in total. The van der Waals surface area contributed by atoms with Gasteiger partial charge in [0.25, 0.3) is 0 Å². The molecule has 0 aliphatic heterocycles. The van der Waals surface area contributed by atoms with Gasteiger partial charge in [-0.3, -0.25) is 4.79 Å². The van der Waals surface area contributed by atoms with Gasteiger partial charge < -0.3 is 16.0 Å². The largest absolute Gasteiger partial charge is 0.354 e. The summed E-state index contributed by atoms with van der Waals surface area (Å²) in [4.78, 5) is 13.9. The summed E-state index contributed by atoms with van der Waals surface area (Å²) < 4.78 is 1.50. The summed E-state index contributed by atoms with van der Waals surface area (Å²) in [5.41, 5.74) is 6.11. The van der Waals surface area contributed by atoms with Gasteiger partial charge in [0.1, 0.15) is 6.54 Å². The zero-order chi connectivity index (χ0) is 14.3. The van der Waals surface area contributed by atoms with Gasteiger partial charge >= 0.3 is 0 Å². The maximum atomic E-state index is 11.6. The Kier molecular flexibility index (Phi) is 6.44. The van der Waals surface area contributed by atoms with Gasteiger partial charge in [0.15, 0.2) is 0 Å². The molecule has 0 aliphatic carbocycles. The fourth-order valence-electron chi connectivity index (χ4n) is 1.53. The molecular weight excluding hydrogens is 244 g/mol. The molecule has 0 spiro atoms. The van der Waals surface area contributed by atoms with Crippen LogP contribution in [0.25, 0.3) is 0 Å². The summed E-state index contributed by atoms with van der Waals surface area (Å²) in [6.45, 7) is 6.47. The molecule has 0 fully saturated rings. The Hall–Kier alpha value is -1.47. The third-order valence-electron chi connectivity index (χ3n) is 2.99. The number of nitrogens with one attached hydrogen (secondary N) is 1. The molecule has 1 heterocycles. The predicted octanol–water partition coefficient (Wildman–Crippen LogP) is -0.417. The van der Waals surface area contributed by atoms with Crippen molar-refractivity contribution in [1.29, 1.82) is 0 Å². The molecular formula is C12H24N6O.